The maximum Gasteiger partial charge on any atom is 0.471 e. The molecule has 0 radical (unpaired) electrons. The van der Waals surface area contributed by atoms with Crippen LogP contribution in [0.2, 0.25) is 0 Å². The fourth-order valence-corrected chi connectivity index (χ4v) is 2.70. The van der Waals surface area contributed by atoms with Gasteiger partial charge >= 0.3 is 12.1 Å². The number of nitrogens with zero attached hydrogens (tertiary/aromatic N) is 4. The number of aromatic nitrogens is 4. The Hall–Kier alpha value is -2.73. The molecule has 2 aromatic heterocycles. The van der Waals surface area contributed by atoms with E-state index in [4.69, 9.17) is 0 Å². The van der Waals surface area contributed by atoms with E-state index >= 15 is 0 Å². The summed E-state index contributed by atoms with van der Waals surface area (Å²) in [6.07, 6.45) is -1.54. The Bertz CT molecular complexity index is 1030. The summed E-state index contributed by atoms with van der Waals surface area (Å²) in [5.41, 5.74) is 1.63. The molecule has 3 aromatic rings. The first-order valence-corrected chi connectivity index (χ1v) is 9.36. The van der Waals surface area contributed by atoms with Crippen LogP contribution in [0.25, 0.3) is 17.1 Å². The molecule has 0 saturated carbocycles. The van der Waals surface area contributed by atoms with Gasteiger partial charge in [-0.1, -0.05) is 5.16 Å². The summed E-state index contributed by atoms with van der Waals surface area (Å²) in [5.74, 6) is -1.61. The molecule has 0 fully saturated rings. The van der Waals surface area contributed by atoms with E-state index < -0.39 is 22.1 Å². The third-order valence-electron chi connectivity index (χ3n) is 3.57. The van der Waals surface area contributed by atoms with Gasteiger partial charge in [-0.15, -0.1) is 0 Å². The maximum absolute atomic E-state index is 12.5. The number of benzene rings is 1. The first-order chi connectivity index (χ1) is 12.7. The highest BCUT2D eigenvalue weighted by Crippen LogP contribution is 2.29. The summed E-state index contributed by atoms with van der Waals surface area (Å²) in [6.45, 7) is 1.64. The van der Waals surface area contributed by atoms with Crippen LogP contribution in [-0.2, 0) is 22.7 Å². The Kier molecular flexibility index (Phi) is 5.02. The van der Waals surface area contributed by atoms with E-state index in [-0.39, 0.29) is 18.1 Å². The number of sulfonamides is 1. The molecular weight excluding hydrogens is 387 g/mol. The highest BCUT2D eigenvalue weighted by Gasteiger charge is 2.38. The van der Waals surface area contributed by atoms with Crippen molar-refractivity contribution in [3.05, 3.63) is 48.1 Å². The minimum absolute atomic E-state index is 0.0191. The Labute approximate surface area is 152 Å². The highest BCUT2D eigenvalue weighted by atomic mass is 32.2. The van der Waals surface area contributed by atoms with Crippen molar-refractivity contribution in [3.8, 4) is 17.1 Å². The van der Waals surface area contributed by atoms with Gasteiger partial charge in [0.25, 0.3) is 0 Å². The van der Waals surface area contributed by atoms with Crippen LogP contribution in [-0.4, -0.2) is 34.1 Å². The van der Waals surface area contributed by atoms with E-state index in [1.165, 1.54) is 29.9 Å². The van der Waals surface area contributed by atoms with Crippen molar-refractivity contribution >= 4 is 10.0 Å². The lowest BCUT2D eigenvalue weighted by Gasteiger charge is -2.03. The number of hydrogen-bond acceptors (Lipinski definition) is 6. The van der Waals surface area contributed by atoms with Gasteiger partial charge in [0.2, 0.25) is 15.8 Å². The molecule has 0 bridgehead atoms. The largest absolute Gasteiger partial charge is 0.471 e. The predicted molar refractivity (Wildman–Crippen MR) is 88.2 cm³/mol. The van der Waals surface area contributed by atoms with Gasteiger partial charge in [-0.05, 0) is 31.2 Å². The molecule has 8 nitrogen and oxygen atoms in total. The molecule has 0 spiro atoms. The number of nitrogens with one attached hydrogen (secondary N) is 1. The second kappa shape index (κ2) is 7.12. The third-order valence-corrected chi connectivity index (χ3v) is 4.92. The van der Waals surface area contributed by atoms with Gasteiger partial charge in [0, 0.05) is 23.9 Å². The lowest BCUT2D eigenvalue weighted by Crippen LogP contribution is -2.24. The average Bonchev–Trinajstić information content (AvgIpc) is 3.30. The molecule has 1 N–H and O–H groups in total. The van der Waals surface area contributed by atoms with E-state index in [1.807, 2.05) is 0 Å². The molecule has 144 valence electrons. The average molecular weight is 401 g/mol. The first kappa shape index (κ1) is 19.0. The quantitative estimate of drug-likeness (QED) is 0.680. The van der Waals surface area contributed by atoms with Crippen LogP contribution >= 0.6 is 0 Å². The van der Waals surface area contributed by atoms with E-state index in [1.54, 1.807) is 18.3 Å². The Morgan fingerprint density at radius 3 is 2.52 bits per heavy atom. The van der Waals surface area contributed by atoms with E-state index in [9.17, 15) is 21.6 Å². The van der Waals surface area contributed by atoms with Gasteiger partial charge < -0.3 is 4.52 Å². The van der Waals surface area contributed by atoms with Crippen LogP contribution in [0.3, 0.4) is 0 Å². The molecule has 0 saturated heterocycles. The molecule has 2 heterocycles. The van der Waals surface area contributed by atoms with Gasteiger partial charge in [0.15, 0.2) is 0 Å². The molecule has 3 rings (SSSR count). The third kappa shape index (κ3) is 4.52. The zero-order valence-electron chi connectivity index (χ0n) is 13.9. The van der Waals surface area contributed by atoms with Crippen molar-refractivity contribution in [1.29, 1.82) is 0 Å². The molecule has 0 unspecified atom stereocenters. The molecular formula is C15H14F3N5O3S. The summed E-state index contributed by atoms with van der Waals surface area (Å²) < 4.78 is 68.6. The van der Waals surface area contributed by atoms with Crippen molar-refractivity contribution in [2.75, 3.05) is 5.75 Å². The smallest absolute Gasteiger partial charge is 0.329 e. The Morgan fingerprint density at radius 2 is 1.93 bits per heavy atom. The topological polar surface area (TPSA) is 103 Å². The fourth-order valence-electron chi connectivity index (χ4n) is 2.11. The predicted octanol–water partition coefficient (Wildman–Crippen LogP) is 2.38. The van der Waals surface area contributed by atoms with Crippen molar-refractivity contribution in [3.63, 3.8) is 0 Å². The standard InChI is InChI=1S/C15H14F3N5O3S/c1-2-27(24,25)20-8-10-7-19-23(9-10)12-5-3-11(4-6-12)13-21-14(26-22-13)15(16,17)18/h3-7,9,20H,2,8H2,1H3. The maximum atomic E-state index is 12.5. The molecule has 1 aromatic carbocycles. The van der Waals surface area contributed by atoms with E-state index in [2.05, 4.69) is 24.5 Å². The van der Waals surface area contributed by atoms with Crippen LogP contribution < -0.4 is 4.72 Å². The molecule has 0 aliphatic carbocycles. The molecule has 27 heavy (non-hydrogen) atoms. The minimum Gasteiger partial charge on any atom is -0.329 e. The van der Waals surface area contributed by atoms with Crippen molar-refractivity contribution in [2.45, 2.75) is 19.6 Å². The lowest BCUT2D eigenvalue weighted by atomic mass is 10.2. The second-order valence-corrected chi connectivity index (χ2v) is 7.58. The monoisotopic (exact) mass is 401 g/mol. The summed E-state index contributed by atoms with van der Waals surface area (Å²) in [7, 11) is -3.31. The summed E-state index contributed by atoms with van der Waals surface area (Å²) >= 11 is 0. The highest BCUT2D eigenvalue weighted by molar-refractivity contribution is 7.89. The SMILES string of the molecule is CCS(=O)(=O)NCc1cnn(-c2ccc(-c3noc(C(F)(F)F)n3)cc2)c1. The summed E-state index contributed by atoms with van der Waals surface area (Å²) in [6, 6.07) is 6.29. The molecule has 0 aliphatic rings. The van der Waals surface area contributed by atoms with Crippen LogP contribution in [0, 0.1) is 0 Å². The number of halogens is 3. The van der Waals surface area contributed by atoms with E-state index in [0.29, 0.717) is 16.8 Å². The molecule has 0 atom stereocenters. The number of rotatable bonds is 6. The van der Waals surface area contributed by atoms with Gasteiger partial charge in [-0.3, -0.25) is 0 Å². The Balaban J connectivity index is 1.73. The van der Waals surface area contributed by atoms with Crippen molar-refractivity contribution < 1.29 is 26.1 Å². The van der Waals surface area contributed by atoms with Gasteiger partial charge in [-0.25, -0.2) is 17.8 Å². The fraction of sp³-hybridized carbons (Fsp3) is 0.267. The Morgan fingerprint density at radius 1 is 1.22 bits per heavy atom. The van der Waals surface area contributed by atoms with Crippen LogP contribution in [0.1, 0.15) is 18.4 Å². The first-order valence-electron chi connectivity index (χ1n) is 7.70. The van der Waals surface area contributed by atoms with Crippen LogP contribution in [0.15, 0.2) is 41.2 Å². The summed E-state index contributed by atoms with van der Waals surface area (Å²) in [4.78, 5) is 3.32. The zero-order valence-corrected chi connectivity index (χ0v) is 14.8. The number of alkyl halides is 3. The van der Waals surface area contributed by atoms with Gasteiger partial charge in [-0.2, -0.15) is 23.3 Å². The van der Waals surface area contributed by atoms with E-state index in [0.717, 1.165) is 0 Å². The second-order valence-electron chi connectivity index (χ2n) is 5.49. The zero-order chi connectivity index (χ0) is 19.7. The lowest BCUT2D eigenvalue weighted by molar-refractivity contribution is -0.159. The molecule has 0 amide bonds. The normalized spacial score (nSPS) is 12.4. The van der Waals surface area contributed by atoms with Gasteiger partial charge in [0.05, 0.1) is 17.6 Å². The number of hydrogen-bond donors (Lipinski definition) is 1. The van der Waals surface area contributed by atoms with Gasteiger partial charge in [0.1, 0.15) is 0 Å². The summed E-state index contributed by atoms with van der Waals surface area (Å²) in [5, 5.41) is 7.46. The molecule has 0 aliphatic heterocycles. The van der Waals surface area contributed by atoms with Crippen LogP contribution in [0.5, 0.6) is 0 Å². The minimum atomic E-state index is -4.70. The van der Waals surface area contributed by atoms with Crippen molar-refractivity contribution in [1.82, 2.24) is 24.6 Å². The van der Waals surface area contributed by atoms with Crippen LogP contribution in [0.4, 0.5) is 13.2 Å². The molecule has 12 heteroatoms. The van der Waals surface area contributed by atoms with Crippen molar-refractivity contribution in [2.24, 2.45) is 0 Å².